The first-order chi connectivity index (χ1) is 15.4. The van der Waals surface area contributed by atoms with E-state index in [1.807, 2.05) is 6.08 Å². The minimum atomic E-state index is -0.316. The van der Waals surface area contributed by atoms with Crippen LogP contribution in [-0.4, -0.2) is 15.6 Å². The molecule has 0 radical (unpaired) electrons. The van der Waals surface area contributed by atoms with Gasteiger partial charge in [-0.25, -0.2) is 9.38 Å². The van der Waals surface area contributed by atoms with Crippen molar-refractivity contribution in [1.82, 2.24) is 9.88 Å². The molecule has 1 saturated heterocycles. The first-order valence-corrected chi connectivity index (χ1v) is 11.6. The summed E-state index contributed by atoms with van der Waals surface area (Å²) in [6, 6.07) is 16.7. The van der Waals surface area contributed by atoms with Crippen LogP contribution < -0.4 is 5.32 Å². The number of benzene rings is 2. The van der Waals surface area contributed by atoms with Gasteiger partial charge in [0.2, 0.25) is 0 Å². The van der Waals surface area contributed by atoms with Gasteiger partial charge in [0.25, 0.3) is 5.91 Å². The lowest BCUT2D eigenvalue weighted by Crippen LogP contribution is -2.19. The SMILES string of the molecule is CCCCc1ccc(-n2c(C)cc(/C=C3/SC(=Nc4ccc(F)cc4)NC3=O)c2C)cc1. The monoisotopic (exact) mass is 447 g/mol. The summed E-state index contributed by atoms with van der Waals surface area (Å²) in [6.07, 6.45) is 5.40. The van der Waals surface area contributed by atoms with Crippen LogP contribution in [-0.2, 0) is 11.2 Å². The van der Waals surface area contributed by atoms with Crippen molar-refractivity contribution in [3.8, 4) is 5.69 Å². The molecular formula is C26H26FN3OS. The molecule has 0 atom stereocenters. The molecule has 0 saturated carbocycles. The molecule has 1 aromatic heterocycles. The van der Waals surface area contributed by atoms with Crippen LogP contribution in [0.2, 0.25) is 0 Å². The number of rotatable bonds is 6. The number of amides is 1. The molecule has 4 rings (SSSR count). The lowest BCUT2D eigenvalue weighted by atomic mass is 10.1. The van der Waals surface area contributed by atoms with E-state index in [-0.39, 0.29) is 11.7 Å². The maximum absolute atomic E-state index is 13.1. The maximum atomic E-state index is 13.1. The van der Waals surface area contributed by atoms with Crippen LogP contribution in [0.1, 0.15) is 42.3 Å². The first kappa shape index (κ1) is 22.1. The maximum Gasteiger partial charge on any atom is 0.264 e. The molecule has 6 heteroatoms. The summed E-state index contributed by atoms with van der Waals surface area (Å²) in [5.74, 6) is -0.496. The van der Waals surface area contributed by atoms with Crippen molar-refractivity contribution in [3.63, 3.8) is 0 Å². The van der Waals surface area contributed by atoms with Crippen LogP contribution in [0.5, 0.6) is 0 Å². The molecular weight excluding hydrogens is 421 g/mol. The standard InChI is InChI=1S/C26H26FN3OS/c1-4-5-6-19-7-13-23(14-8-19)30-17(2)15-20(18(30)3)16-24-25(31)29-26(32-24)28-22-11-9-21(27)10-12-22/h7-16H,4-6H2,1-3H3,(H,28,29,31)/b24-16+. The van der Waals surface area contributed by atoms with Crippen LogP contribution >= 0.6 is 11.8 Å². The molecule has 1 amide bonds. The van der Waals surface area contributed by atoms with Crippen LogP contribution in [0.3, 0.4) is 0 Å². The van der Waals surface area contributed by atoms with Crippen molar-refractivity contribution >= 4 is 34.6 Å². The summed E-state index contributed by atoms with van der Waals surface area (Å²) < 4.78 is 15.3. The number of carbonyl (C=O) groups is 1. The van der Waals surface area contributed by atoms with E-state index in [0.29, 0.717) is 15.8 Å². The number of carbonyl (C=O) groups excluding carboxylic acids is 1. The predicted octanol–water partition coefficient (Wildman–Crippen LogP) is 6.47. The highest BCUT2D eigenvalue weighted by atomic mass is 32.2. The quantitative estimate of drug-likeness (QED) is 0.440. The molecule has 2 heterocycles. The molecule has 164 valence electrons. The van der Waals surface area contributed by atoms with Crippen LogP contribution in [0.4, 0.5) is 10.1 Å². The number of nitrogens with zero attached hydrogens (tertiary/aromatic N) is 2. The van der Waals surface area contributed by atoms with Gasteiger partial charge in [0.15, 0.2) is 5.17 Å². The normalized spacial score (nSPS) is 16.2. The average Bonchev–Trinajstić information content (AvgIpc) is 3.26. The van der Waals surface area contributed by atoms with E-state index in [4.69, 9.17) is 0 Å². The van der Waals surface area contributed by atoms with Crippen molar-refractivity contribution in [3.05, 3.63) is 87.8 Å². The molecule has 3 aromatic rings. The lowest BCUT2D eigenvalue weighted by molar-refractivity contribution is -0.115. The third-order valence-electron chi connectivity index (χ3n) is 5.48. The van der Waals surface area contributed by atoms with Crippen molar-refractivity contribution in [2.45, 2.75) is 40.0 Å². The largest absolute Gasteiger partial charge is 0.318 e. The Morgan fingerprint density at radius 3 is 2.50 bits per heavy atom. The second-order valence-corrected chi connectivity index (χ2v) is 8.92. The van der Waals surface area contributed by atoms with Gasteiger partial charge in [0.1, 0.15) is 5.82 Å². The fraction of sp³-hybridized carbons (Fsp3) is 0.231. The van der Waals surface area contributed by atoms with E-state index >= 15 is 0 Å². The van der Waals surface area contributed by atoms with Crippen molar-refractivity contribution in [1.29, 1.82) is 0 Å². The van der Waals surface area contributed by atoms with Crippen LogP contribution in [0.15, 0.2) is 64.5 Å². The van der Waals surface area contributed by atoms with Crippen LogP contribution in [0, 0.1) is 19.7 Å². The Morgan fingerprint density at radius 2 is 1.81 bits per heavy atom. The summed E-state index contributed by atoms with van der Waals surface area (Å²) in [5, 5.41) is 3.28. The molecule has 1 aliphatic rings. The van der Waals surface area contributed by atoms with Gasteiger partial charge >= 0.3 is 0 Å². The minimum Gasteiger partial charge on any atom is -0.318 e. The van der Waals surface area contributed by atoms with Crippen LogP contribution in [0.25, 0.3) is 11.8 Å². The number of aromatic nitrogens is 1. The number of amidine groups is 1. The zero-order valence-electron chi connectivity index (χ0n) is 18.5. The number of aliphatic imine (C=N–C) groups is 1. The minimum absolute atomic E-state index is 0.180. The number of hydrogen-bond donors (Lipinski definition) is 1. The zero-order valence-corrected chi connectivity index (χ0v) is 19.3. The number of nitrogens with one attached hydrogen (secondary N) is 1. The van der Waals surface area contributed by atoms with E-state index < -0.39 is 0 Å². The summed E-state index contributed by atoms with van der Waals surface area (Å²) in [5.41, 5.74) is 6.25. The van der Waals surface area contributed by atoms with Crippen molar-refractivity contribution < 1.29 is 9.18 Å². The lowest BCUT2D eigenvalue weighted by Gasteiger charge is -2.11. The fourth-order valence-electron chi connectivity index (χ4n) is 3.78. The molecule has 1 fully saturated rings. The van der Waals surface area contributed by atoms with E-state index in [1.165, 1.54) is 42.3 Å². The fourth-order valence-corrected chi connectivity index (χ4v) is 4.61. The number of thioether (sulfide) groups is 1. The topological polar surface area (TPSA) is 46.4 Å². The van der Waals surface area contributed by atoms with E-state index in [0.717, 1.165) is 29.1 Å². The second-order valence-electron chi connectivity index (χ2n) is 7.89. The highest BCUT2D eigenvalue weighted by Gasteiger charge is 2.24. The highest BCUT2D eigenvalue weighted by Crippen LogP contribution is 2.30. The van der Waals surface area contributed by atoms with Gasteiger partial charge in [-0.15, -0.1) is 0 Å². The van der Waals surface area contributed by atoms with Gasteiger partial charge in [0.05, 0.1) is 10.6 Å². The molecule has 0 unspecified atom stereocenters. The summed E-state index contributed by atoms with van der Waals surface area (Å²) in [6.45, 7) is 6.34. The smallest absolute Gasteiger partial charge is 0.264 e. The van der Waals surface area contributed by atoms with Crippen molar-refractivity contribution in [2.75, 3.05) is 0 Å². The van der Waals surface area contributed by atoms with Gasteiger partial charge in [-0.2, -0.15) is 0 Å². The predicted molar refractivity (Wildman–Crippen MR) is 131 cm³/mol. The summed E-state index contributed by atoms with van der Waals surface area (Å²) >= 11 is 1.29. The van der Waals surface area contributed by atoms with E-state index in [1.54, 1.807) is 12.1 Å². The molecule has 0 spiro atoms. The van der Waals surface area contributed by atoms with E-state index in [9.17, 15) is 9.18 Å². The molecule has 0 aliphatic carbocycles. The van der Waals surface area contributed by atoms with Gasteiger partial charge < -0.3 is 9.88 Å². The zero-order chi connectivity index (χ0) is 22.7. The Morgan fingerprint density at radius 1 is 1.09 bits per heavy atom. The summed E-state index contributed by atoms with van der Waals surface area (Å²) in [7, 11) is 0. The van der Waals surface area contributed by atoms with Crippen molar-refractivity contribution in [2.24, 2.45) is 4.99 Å². The average molecular weight is 448 g/mol. The number of unbranched alkanes of at least 4 members (excludes halogenated alkanes) is 1. The molecule has 1 aliphatic heterocycles. The highest BCUT2D eigenvalue weighted by molar-refractivity contribution is 8.18. The third-order valence-corrected chi connectivity index (χ3v) is 6.39. The molecule has 1 N–H and O–H groups in total. The Labute approximate surface area is 192 Å². The third kappa shape index (κ3) is 4.86. The number of aryl methyl sites for hydroxylation is 2. The number of hydrogen-bond acceptors (Lipinski definition) is 3. The summed E-state index contributed by atoms with van der Waals surface area (Å²) in [4.78, 5) is 17.5. The second kappa shape index (κ2) is 9.57. The molecule has 4 nitrogen and oxygen atoms in total. The van der Waals surface area contributed by atoms with Gasteiger partial charge in [-0.3, -0.25) is 4.79 Å². The van der Waals surface area contributed by atoms with Gasteiger partial charge in [0, 0.05) is 17.1 Å². The first-order valence-electron chi connectivity index (χ1n) is 10.8. The molecule has 0 bridgehead atoms. The van der Waals surface area contributed by atoms with E-state index in [2.05, 4.69) is 66.0 Å². The van der Waals surface area contributed by atoms with Gasteiger partial charge in [-0.1, -0.05) is 25.5 Å². The van der Waals surface area contributed by atoms with Gasteiger partial charge in [-0.05, 0) is 98.1 Å². The Balaban J connectivity index is 1.57. The Kier molecular flexibility index (Phi) is 6.61. The molecule has 2 aromatic carbocycles. The Bertz CT molecular complexity index is 1190. The molecule has 32 heavy (non-hydrogen) atoms. The number of halogens is 1. The Hall–Kier alpha value is -3.12.